The van der Waals surface area contributed by atoms with E-state index in [1.54, 1.807) is 4.72 Å². The highest BCUT2D eigenvalue weighted by molar-refractivity contribution is 7.90. The van der Waals surface area contributed by atoms with Crippen molar-refractivity contribution in [2.24, 2.45) is 0 Å². The molecule has 21 heavy (non-hydrogen) atoms. The number of carboxylic acid groups (broad SMARTS) is 1. The van der Waals surface area contributed by atoms with Gasteiger partial charge in [-0.3, -0.25) is 9.59 Å². The Morgan fingerprint density at radius 1 is 1.33 bits per heavy atom. The maximum absolute atomic E-state index is 12.7. The third-order valence-corrected chi connectivity index (χ3v) is 4.06. The first-order chi connectivity index (χ1) is 9.50. The Labute approximate surface area is 119 Å². The van der Waals surface area contributed by atoms with Crippen molar-refractivity contribution in [3.8, 4) is 0 Å². The first kappa shape index (κ1) is 19.6. The standard InChI is InChI=1S/C10H16F3NO6S/c1-2-20-9(17)6-7(10(11,12)13)21(18,19)14-5-3-4-8(15)16/h7,14H,2-6H2,1H3,(H,15,16). The Hall–Kier alpha value is -1.36. The lowest BCUT2D eigenvalue weighted by Gasteiger charge is -2.20. The average molecular weight is 335 g/mol. The molecule has 0 saturated heterocycles. The van der Waals surface area contributed by atoms with Crippen LogP contribution in [-0.2, 0) is 24.3 Å². The summed E-state index contributed by atoms with van der Waals surface area (Å²) >= 11 is 0. The predicted octanol–water partition coefficient (Wildman–Crippen LogP) is 0.655. The van der Waals surface area contributed by atoms with E-state index < -0.39 is 52.8 Å². The average Bonchev–Trinajstić information content (AvgIpc) is 2.30. The minimum Gasteiger partial charge on any atom is -0.481 e. The first-order valence-corrected chi connectivity index (χ1v) is 7.48. The van der Waals surface area contributed by atoms with Gasteiger partial charge in [-0.2, -0.15) is 13.2 Å². The van der Waals surface area contributed by atoms with Crippen LogP contribution in [0.25, 0.3) is 0 Å². The van der Waals surface area contributed by atoms with Gasteiger partial charge in [0.05, 0.1) is 13.0 Å². The molecule has 0 rings (SSSR count). The Morgan fingerprint density at radius 3 is 2.33 bits per heavy atom. The molecule has 11 heteroatoms. The fraction of sp³-hybridized carbons (Fsp3) is 0.800. The van der Waals surface area contributed by atoms with Gasteiger partial charge in [0.2, 0.25) is 10.0 Å². The fourth-order valence-electron chi connectivity index (χ4n) is 1.33. The summed E-state index contributed by atoms with van der Waals surface area (Å²) in [7, 11) is -4.86. The van der Waals surface area contributed by atoms with Crippen LogP contribution in [0.5, 0.6) is 0 Å². The van der Waals surface area contributed by atoms with E-state index in [1.807, 2.05) is 0 Å². The molecule has 0 saturated carbocycles. The number of carbonyl (C=O) groups excluding carboxylic acids is 1. The van der Waals surface area contributed by atoms with E-state index in [0.29, 0.717) is 0 Å². The van der Waals surface area contributed by atoms with E-state index in [9.17, 15) is 31.2 Å². The summed E-state index contributed by atoms with van der Waals surface area (Å²) in [6.45, 7) is 0.735. The molecule has 7 nitrogen and oxygen atoms in total. The number of carboxylic acids is 1. The number of rotatable bonds is 9. The maximum Gasteiger partial charge on any atom is 0.407 e. The minimum absolute atomic E-state index is 0.168. The van der Waals surface area contributed by atoms with E-state index >= 15 is 0 Å². The van der Waals surface area contributed by atoms with Crippen molar-refractivity contribution in [3.05, 3.63) is 0 Å². The van der Waals surface area contributed by atoms with Crippen LogP contribution in [-0.4, -0.2) is 50.0 Å². The van der Waals surface area contributed by atoms with Crippen LogP contribution in [0.4, 0.5) is 13.2 Å². The molecule has 1 atom stereocenters. The van der Waals surface area contributed by atoms with Crippen LogP contribution >= 0.6 is 0 Å². The van der Waals surface area contributed by atoms with Gasteiger partial charge in [0.25, 0.3) is 0 Å². The van der Waals surface area contributed by atoms with Gasteiger partial charge in [0.15, 0.2) is 5.25 Å². The topological polar surface area (TPSA) is 110 Å². The molecule has 0 aliphatic carbocycles. The largest absolute Gasteiger partial charge is 0.481 e. The second-order valence-electron chi connectivity index (χ2n) is 3.98. The van der Waals surface area contributed by atoms with Crippen molar-refractivity contribution >= 4 is 22.0 Å². The summed E-state index contributed by atoms with van der Waals surface area (Å²) in [6, 6.07) is 0. The molecular weight excluding hydrogens is 319 g/mol. The molecule has 0 aliphatic heterocycles. The second kappa shape index (κ2) is 8.17. The third kappa shape index (κ3) is 7.85. The number of alkyl halides is 3. The van der Waals surface area contributed by atoms with Crippen molar-refractivity contribution in [1.29, 1.82) is 0 Å². The van der Waals surface area contributed by atoms with E-state index in [4.69, 9.17) is 5.11 Å². The second-order valence-corrected chi connectivity index (χ2v) is 5.92. The van der Waals surface area contributed by atoms with Gasteiger partial charge < -0.3 is 9.84 Å². The van der Waals surface area contributed by atoms with E-state index in [-0.39, 0.29) is 13.0 Å². The molecule has 0 bridgehead atoms. The lowest BCUT2D eigenvalue weighted by Crippen LogP contribution is -2.45. The van der Waals surface area contributed by atoms with Crippen LogP contribution in [0.3, 0.4) is 0 Å². The molecule has 0 heterocycles. The number of sulfonamides is 1. The summed E-state index contributed by atoms with van der Waals surface area (Å²) < 4.78 is 67.3. The molecule has 0 radical (unpaired) electrons. The van der Waals surface area contributed by atoms with E-state index in [1.165, 1.54) is 6.92 Å². The maximum atomic E-state index is 12.7. The van der Waals surface area contributed by atoms with Gasteiger partial charge in [-0.15, -0.1) is 0 Å². The normalized spacial score (nSPS) is 13.7. The number of nitrogens with one attached hydrogen (secondary N) is 1. The molecule has 0 aromatic heterocycles. The van der Waals surface area contributed by atoms with Gasteiger partial charge in [-0.1, -0.05) is 0 Å². The fourth-order valence-corrected chi connectivity index (χ4v) is 2.66. The summed E-state index contributed by atoms with van der Waals surface area (Å²) in [4.78, 5) is 21.3. The molecule has 0 fully saturated rings. The number of carbonyl (C=O) groups is 2. The molecule has 1 unspecified atom stereocenters. The highest BCUT2D eigenvalue weighted by Gasteiger charge is 2.49. The molecule has 0 amide bonds. The Bertz CT molecular complexity index is 462. The van der Waals surface area contributed by atoms with Crippen LogP contribution in [0.15, 0.2) is 0 Å². The third-order valence-electron chi connectivity index (χ3n) is 2.27. The van der Waals surface area contributed by atoms with Crippen LogP contribution in [0.2, 0.25) is 0 Å². The van der Waals surface area contributed by atoms with Crippen molar-refractivity contribution < 1.29 is 41.0 Å². The summed E-state index contributed by atoms with van der Waals surface area (Å²) in [5, 5.41) is 5.40. The Morgan fingerprint density at radius 2 is 1.90 bits per heavy atom. The molecule has 2 N–H and O–H groups in total. The molecular formula is C10H16F3NO6S. The van der Waals surface area contributed by atoms with E-state index in [0.717, 1.165) is 0 Å². The quantitative estimate of drug-likeness (QED) is 0.473. The van der Waals surface area contributed by atoms with Gasteiger partial charge in [-0.05, 0) is 13.3 Å². The summed E-state index contributed by atoms with van der Waals surface area (Å²) in [5.74, 6) is -2.48. The zero-order valence-corrected chi connectivity index (χ0v) is 12.0. The lowest BCUT2D eigenvalue weighted by molar-refractivity contribution is -0.155. The van der Waals surface area contributed by atoms with Gasteiger partial charge in [0, 0.05) is 13.0 Å². The monoisotopic (exact) mass is 335 g/mol. The molecule has 124 valence electrons. The summed E-state index contributed by atoms with van der Waals surface area (Å²) in [6.07, 6.45) is -7.06. The number of ether oxygens (including phenoxy) is 1. The van der Waals surface area contributed by atoms with E-state index in [2.05, 4.69) is 4.74 Å². The number of esters is 1. The van der Waals surface area contributed by atoms with Crippen molar-refractivity contribution in [2.45, 2.75) is 37.6 Å². The number of hydrogen-bond acceptors (Lipinski definition) is 5. The van der Waals surface area contributed by atoms with Crippen LogP contribution < -0.4 is 4.72 Å². The van der Waals surface area contributed by atoms with Crippen LogP contribution in [0, 0.1) is 0 Å². The predicted molar refractivity (Wildman–Crippen MR) is 64.9 cm³/mol. The van der Waals surface area contributed by atoms with Gasteiger partial charge in [0.1, 0.15) is 0 Å². The van der Waals surface area contributed by atoms with Crippen molar-refractivity contribution in [2.75, 3.05) is 13.2 Å². The Kier molecular flexibility index (Phi) is 7.64. The zero-order valence-electron chi connectivity index (χ0n) is 11.1. The minimum atomic E-state index is -5.15. The molecule has 0 aromatic rings. The Balaban J connectivity index is 4.81. The van der Waals surface area contributed by atoms with Crippen molar-refractivity contribution in [1.82, 2.24) is 4.72 Å². The van der Waals surface area contributed by atoms with Crippen LogP contribution in [0.1, 0.15) is 26.2 Å². The number of halogens is 3. The molecule has 0 spiro atoms. The highest BCUT2D eigenvalue weighted by Crippen LogP contribution is 2.28. The van der Waals surface area contributed by atoms with Gasteiger partial charge >= 0.3 is 18.1 Å². The number of aliphatic carboxylic acids is 1. The summed E-state index contributed by atoms with van der Waals surface area (Å²) in [5.41, 5.74) is 0. The number of hydrogen-bond donors (Lipinski definition) is 2. The highest BCUT2D eigenvalue weighted by atomic mass is 32.2. The molecule has 0 aromatic carbocycles. The first-order valence-electron chi connectivity index (χ1n) is 5.93. The molecule has 0 aliphatic rings. The zero-order chi connectivity index (χ0) is 16.7. The van der Waals surface area contributed by atoms with Gasteiger partial charge in [-0.25, -0.2) is 13.1 Å². The smallest absolute Gasteiger partial charge is 0.407 e. The van der Waals surface area contributed by atoms with Crippen molar-refractivity contribution in [3.63, 3.8) is 0 Å². The lowest BCUT2D eigenvalue weighted by atomic mass is 10.3. The SMILES string of the molecule is CCOC(=O)CC(C(F)(F)F)S(=O)(=O)NCCCC(=O)O.